The summed E-state index contributed by atoms with van der Waals surface area (Å²) in [5, 5.41) is 0. The number of ether oxygens (including phenoxy) is 2. The number of benzene rings is 1. The Bertz CT molecular complexity index is 890. The number of nitrogens with one attached hydrogen (secondary N) is 1. The van der Waals surface area contributed by atoms with Gasteiger partial charge in [-0.1, -0.05) is 4.98 Å². The summed E-state index contributed by atoms with van der Waals surface area (Å²) in [5.74, 6) is 3.43. The molecule has 0 saturated heterocycles. The van der Waals surface area contributed by atoms with Crippen molar-refractivity contribution in [2.24, 2.45) is 0 Å². The summed E-state index contributed by atoms with van der Waals surface area (Å²) in [7, 11) is 3.38. The van der Waals surface area contributed by atoms with Crippen LogP contribution in [-0.2, 0) is 5.75 Å². The summed E-state index contributed by atoms with van der Waals surface area (Å²) < 4.78 is 13.0. The molecule has 3 rings (SSSR count). The summed E-state index contributed by atoms with van der Waals surface area (Å²) in [5.41, 5.74) is 5.27. The van der Waals surface area contributed by atoms with Gasteiger partial charge in [0.2, 0.25) is 0 Å². The van der Waals surface area contributed by atoms with Gasteiger partial charge in [-0.3, -0.25) is 0 Å². The lowest BCUT2D eigenvalue weighted by Crippen LogP contribution is -2.38. The van der Waals surface area contributed by atoms with Crippen molar-refractivity contribution in [1.29, 1.82) is 0 Å². The van der Waals surface area contributed by atoms with Gasteiger partial charge >= 0.3 is 5.95 Å². The number of fused-ring (bicyclic) bond motifs is 1. The van der Waals surface area contributed by atoms with Crippen LogP contribution in [0.15, 0.2) is 24.4 Å². The highest BCUT2D eigenvalue weighted by Crippen LogP contribution is 2.26. The molecule has 1 N–H and O–H groups in total. The van der Waals surface area contributed by atoms with Crippen LogP contribution in [0, 0.1) is 13.8 Å². The lowest BCUT2D eigenvalue weighted by molar-refractivity contribution is -0.611. The fourth-order valence-corrected chi connectivity index (χ4v) is 3.60. The van der Waals surface area contributed by atoms with Gasteiger partial charge in [-0.05, 0) is 32.2 Å². The summed E-state index contributed by atoms with van der Waals surface area (Å²) in [6.45, 7) is 4.15. The molecule has 0 bridgehead atoms. The molecule has 3 aromatic rings. The molecular formula is C18H22N3O2S+. The second-order valence-electron chi connectivity index (χ2n) is 5.66. The van der Waals surface area contributed by atoms with E-state index in [0.717, 1.165) is 45.4 Å². The van der Waals surface area contributed by atoms with Crippen molar-refractivity contribution in [3.63, 3.8) is 0 Å². The lowest BCUT2D eigenvalue weighted by atomic mass is 10.1. The third kappa shape index (κ3) is 2.82. The van der Waals surface area contributed by atoms with Gasteiger partial charge in [-0.25, -0.2) is 9.55 Å². The number of thioether (sulfide) groups is 1. The minimum Gasteiger partial charge on any atom is -0.497 e. The summed E-state index contributed by atoms with van der Waals surface area (Å²) in [6.07, 6.45) is 4.17. The van der Waals surface area contributed by atoms with Crippen LogP contribution in [0.4, 0.5) is 0 Å². The van der Waals surface area contributed by atoms with Gasteiger partial charge in [0.25, 0.3) is 0 Å². The van der Waals surface area contributed by atoms with Crippen LogP contribution in [-0.4, -0.2) is 30.4 Å². The molecule has 6 heteroatoms. The van der Waals surface area contributed by atoms with Gasteiger partial charge in [-0.2, -0.15) is 11.8 Å². The Morgan fingerprint density at radius 2 is 2.00 bits per heavy atom. The minimum atomic E-state index is 0.802. The fourth-order valence-electron chi connectivity index (χ4n) is 2.97. The van der Waals surface area contributed by atoms with E-state index in [2.05, 4.69) is 35.9 Å². The van der Waals surface area contributed by atoms with E-state index in [9.17, 15) is 0 Å². The van der Waals surface area contributed by atoms with Crippen molar-refractivity contribution in [3.05, 3.63) is 41.2 Å². The molecule has 0 spiro atoms. The third-order valence-corrected chi connectivity index (χ3v) is 4.70. The quantitative estimate of drug-likeness (QED) is 0.721. The van der Waals surface area contributed by atoms with Crippen LogP contribution >= 0.6 is 11.8 Å². The molecule has 2 aromatic heterocycles. The van der Waals surface area contributed by atoms with Crippen LogP contribution in [0.1, 0.15) is 16.8 Å². The number of aromatic nitrogens is 3. The maximum atomic E-state index is 5.57. The molecule has 0 aliphatic rings. The van der Waals surface area contributed by atoms with E-state index in [1.807, 2.05) is 18.2 Å². The van der Waals surface area contributed by atoms with Crippen LogP contribution in [0.2, 0.25) is 0 Å². The molecule has 5 nitrogen and oxygen atoms in total. The van der Waals surface area contributed by atoms with Crippen LogP contribution < -0.4 is 14.0 Å². The molecule has 0 radical (unpaired) electrons. The smallest absolute Gasteiger partial charge is 0.402 e. The molecule has 0 saturated carbocycles. The zero-order valence-corrected chi connectivity index (χ0v) is 15.5. The molecule has 0 atom stereocenters. The number of hydrogen-bond donors (Lipinski definition) is 1. The highest BCUT2D eigenvalue weighted by Gasteiger charge is 2.22. The van der Waals surface area contributed by atoms with Crippen molar-refractivity contribution in [3.8, 4) is 17.4 Å². The average molecular weight is 344 g/mol. The highest BCUT2D eigenvalue weighted by atomic mass is 32.2. The number of nitrogens with zero attached hydrogens (tertiary/aromatic N) is 2. The predicted octanol–water partition coefficient (Wildman–Crippen LogP) is 3.34. The maximum absolute atomic E-state index is 5.57. The van der Waals surface area contributed by atoms with Gasteiger partial charge in [-0.15, -0.1) is 0 Å². The highest BCUT2D eigenvalue weighted by molar-refractivity contribution is 7.97. The molecule has 0 fully saturated rings. The Labute approximate surface area is 146 Å². The Hall–Kier alpha value is -2.21. The van der Waals surface area contributed by atoms with E-state index < -0.39 is 0 Å². The number of aromatic amines is 1. The van der Waals surface area contributed by atoms with Crippen molar-refractivity contribution in [2.75, 3.05) is 20.5 Å². The Kier molecular flexibility index (Phi) is 4.66. The monoisotopic (exact) mass is 344 g/mol. The molecule has 0 aliphatic carbocycles. The van der Waals surface area contributed by atoms with Gasteiger partial charge in [0.05, 0.1) is 20.4 Å². The molecule has 1 aromatic carbocycles. The van der Waals surface area contributed by atoms with Gasteiger partial charge < -0.3 is 9.47 Å². The predicted molar refractivity (Wildman–Crippen MR) is 97.4 cm³/mol. The van der Waals surface area contributed by atoms with Crippen molar-refractivity contribution in [2.45, 2.75) is 19.6 Å². The summed E-state index contributed by atoms with van der Waals surface area (Å²) >= 11 is 1.78. The first-order valence-corrected chi connectivity index (χ1v) is 9.10. The van der Waals surface area contributed by atoms with Crippen LogP contribution in [0.5, 0.6) is 11.5 Å². The normalized spacial score (nSPS) is 11.0. The first-order chi connectivity index (χ1) is 11.6. The van der Waals surface area contributed by atoms with E-state index >= 15 is 0 Å². The van der Waals surface area contributed by atoms with Crippen molar-refractivity contribution < 1.29 is 14.0 Å². The number of pyridine rings is 1. The zero-order chi connectivity index (χ0) is 17.3. The van der Waals surface area contributed by atoms with Gasteiger partial charge in [0.15, 0.2) is 5.52 Å². The van der Waals surface area contributed by atoms with Crippen LogP contribution in [0.3, 0.4) is 0 Å². The maximum Gasteiger partial charge on any atom is 0.402 e. The first kappa shape index (κ1) is 16.6. The Balaban J connectivity index is 2.21. The number of aryl methyl sites for hydroxylation is 1. The lowest BCUT2D eigenvalue weighted by Gasteiger charge is -2.14. The SMILES string of the molecule is COc1ccc2nc(-[n+]3cc(C)c(OC)c(C)c3CSC)[nH]c2c1. The Morgan fingerprint density at radius 1 is 1.21 bits per heavy atom. The standard InChI is InChI=1S/C18H22N3O2S/c1-11-9-21(16(10-24-5)12(2)17(11)23-4)18-19-14-7-6-13(22-3)8-15(14)20-18/h6-9H,10H2,1-5H3,(H,19,20)/q+1. The molecule has 126 valence electrons. The number of H-pyrrole nitrogens is 1. The summed E-state index contributed by atoms with van der Waals surface area (Å²) in [4.78, 5) is 8.14. The molecule has 0 unspecified atom stereocenters. The molecule has 24 heavy (non-hydrogen) atoms. The first-order valence-electron chi connectivity index (χ1n) is 7.70. The van der Waals surface area contributed by atoms with Gasteiger partial charge in [0.1, 0.15) is 22.7 Å². The molecule has 0 amide bonds. The Morgan fingerprint density at radius 3 is 2.67 bits per heavy atom. The summed E-state index contributed by atoms with van der Waals surface area (Å²) in [6, 6.07) is 5.85. The second-order valence-corrected chi connectivity index (χ2v) is 6.53. The van der Waals surface area contributed by atoms with Crippen molar-refractivity contribution in [1.82, 2.24) is 9.97 Å². The average Bonchev–Trinajstić information content (AvgIpc) is 3.00. The van der Waals surface area contributed by atoms with Crippen molar-refractivity contribution >= 4 is 22.8 Å². The zero-order valence-electron chi connectivity index (χ0n) is 14.6. The third-order valence-electron chi connectivity index (χ3n) is 4.14. The van der Waals surface area contributed by atoms with E-state index in [4.69, 9.17) is 14.5 Å². The number of hydrogen-bond acceptors (Lipinski definition) is 4. The molecular weight excluding hydrogens is 322 g/mol. The van der Waals surface area contributed by atoms with E-state index in [-0.39, 0.29) is 0 Å². The fraction of sp³-hybridized carbons (Fsp3) is 0.333. The molecule has 2 heterocycles. The number of methoxy groups -OCH3 is 2. The molecule has 0 aliphatic heterocycles. The number of rotatable bonds is 5. The minimum absolute atomic E-state index is 0.802. The van der Waals surface area contributed by atoms with E-state index in [1.54, 1.807) is 26.0 Å². The topological polar surface area (TPSA) is 51.0 Å². The number of imidazole rings is 1. The van der Waals surface area contributed by atoms with Gasteiger partial charge in [0, 0.05) is 22.9 Å². The van der Waals surface area contributed by atoms with Crippen LogP contribution in [0.25, 0.3) is 17.0 Å². The van der Waals surface area contributed by atoms with E-state index in [0.29, 0.717) is 0 Å². The largest absolute Gasteiger partial charge is 0.497 e. The second kappa shape index (κ2) is 6.73. The van der Waals surface area contributed by atoms with E-state index in [1.165, 1.54) is 5.69 Å².